The summed E-state index contributed by atoms with van der Waals surface area (Å²) < 4.78 is 6.62. The lowest BCUT2D eigenvalue weighted by Gasteiger charge is -2.07. The van der Waals surface area contributed by atoms with Crippen LogP contribution >= 0.6 is 0 Å². The predicted octanol–water partition coefficient (Wildman–Crippen LogP) is 1.22. The molecule has 80 valence electrons. The molecule has 0 aliphatic carbocycles. The maximum absolute atomic E-state index is 11.5. The van der Waals surface area contributed by atoms with Gasteiger partial charge in [-0.05, 0) is 18.1 Å². The zero-order chi connectivity index (χ0) is 10.8. The van der Waals surface area contributed by atoms with Gasteiger partial charge in [-0.25, -0.2) is 4.79 Å². The van der Waals surface area contributed by atoms with Gasteiger partial charge in [-0.2, -0.15) is 0 Å². The number of aliphatic hydroxyl groups excluding tert-OH is 1. The van der Waals surface area contributed by atoms with Gasteiger partial charge < -0.3 is 9.52 Å². The first-order valence-corrected chi connectivity index (χ1v) is 4.91. The molecular weight excluding hydrogens is 194 g/mol. The molecule has 4 heteroatoms. The van der Waals surface area contributed by atoms with Gasteiger partial charge in [0.15, 0.2) is 5.58 Å². The number of hydrogen-bond donors (Lipinski definition) is 1. The molecule has 1 atom stereocenters. The normalized spacial score (nSPS) is 13.2. The Morgan fingerprint density at radius 1 is 1.47 bits per heavy atom. The second kappa shape index (κ2) is 3.90. The molecule has 0 saturated carbocycles. The van der Waals surface area contributed by atoms with Crippen LogP contribution in [0.25, 0.3) is 11.1 Å². The van der Waals surface area contributed by atoms with E-state index in [2.05, 4.69) is 0 Å². The summed E-state index contributed by atoms with van der Waals surface area (Å²) in [6.45, 7) is 2.42. The van der Waals surface area contributed by atoms with Crippen molar-refractivity contribution >= 4 is 11.1 Å². The van der Waals surface area contributed by atoms with Crippen LogP contribution in [0.3, 0.4) is 0 Å². The van der Waals surface area contributed by atoms with E-state index in [1.165, 1.54) is 0 Å². The number of nitrogens with zero attached hydrogens (tertiary/aromatic N) is 1. The Bertz CT molecular complexity index is 512. The molecule has 0 saturated heterocycles. The molecule has 1 aromatic heterocycles. The van der Waals surface area contributed by atoms with Gasteiger partial charge in [-0.1, -0.05) is 19.1 Å². The minimum Gasteiger partial charge on any atom is -0.408 e. The van der Waals surface area contributed by atoms with E-state index >= 15 is 0 Å². The minimum atomic E-state index is -0.364. The average molecular weight is 207 g/mol. The molecule has 0 fully saturated rings. The van der Waals surface area contributed by atoms with E-state index in [1.807, 2.05) is 25.1 Å². The van der Waals surface area contributed by atoms with Crippen LogP contribution in [0.5, 0.6) is 0 Å². The van der Waals surface area contributed by atoms with Crippen molar-refractivity contribution in [1.82, 2.24) is 4.57 Å². The Balaban J connectivity index is 2.50. The van der Waals surface area contributed by atoms with Gasteiger partial charge in [-0.3, -0.25) is 4.57 Å². The molecule has 0 bridgehead atoms. The summed E-state index contributed by atoms with van der Waals surface area (Å²) in [4.78, 5) is 11.5. The van der Waals surface area contributed by atoms with Crippen molar-refractivity contribution in [3.63, 3.8) is 0 Å². The minimum absolute atomic E-state index is 0.0451. The summed E-state index contributed by atoms with van der Waals surface area (Å²) in [6.07, 6.45) is 0. The molecule has 2 aromatic rings. The van der Waals surface area contributed by atoms with Gasteiger partial charge in [-0.15, -0.1) is 0 Å². The zero-order valence-corrected chi connectivity index (χ0v) is 8.51. The molecule has 1 heterocycles. The average Bonchev–Trinajstić information content (AvgIpc) is 2.55. The maximum Gasteiger partial charge on any atom is 0.419 e. The van der Waals surface area contributed by atoms with Gasteiger partial charge in [0.2, 0.25) is 0 Å². The quantitative estimate of drug-likeness (QED) is 0.823. The number of hydrogen-bond acceptors (Lipinski definition) is 3. The van der Waals surface area contributed by atoms with E-state index in [9.17, 15) is 4.79 Å². The highest BCUT2D eigenvalue weighted by Crippen LogP contribution is 2.12. The van der Waals surface area contributed by atoms with Gasteiger partial charge in [0.05, 0.1) is 5.52 Å². The third-order valence-electron chi connectivity index (χ3n) is 2.38. The van der Waals surface area contributed by atoms with E-state index in [0.29, 0.717) is 12.1 Å². The Kier molecular flexibility index (Phi) is 2.60. The first kappa shape index (κ1) is 9.98. The highest BCUT2D eigenvalue weighted by Gasteiger charge is 2.10. The van der Waals surface area contributed by atoms with Gasteiger partial charge in [0.25, 0.3) is 0 Å². The van der Waals surface area contributed by atoms with Crippen LogP contribution in [0, 0.1) is 5.92 Å². The Labute approximate surface area is 86.8 Å². The molecule has 2 rings (SSSR count). The van der Waals surface area contributed by atoms with Crippen molar-refractivity contribution in [3.05, 3.63) is 34.8 Å². The monoisotopic (exact) mass is 207 g/mol. The van der Waals surface area contributed by atoms with E-state index in [1.54, 1.807) is 10.6 Å². The SMILES string of the molecule is CC(CO)Cn1c(=O)oc2ccccc21. The van der Waals surface area contributed by atoms with Crippen LogP contribution < -0.4 is 5.76 Å². The Morgan fingerprint density at radius 2 is 2.20 bits per heavy atom. The van der Waals surface area contributed by atoms with E-state index in [0.717, 1.165) is 5.52 Å². The van der Waals surface area contributed by atoms with Gasteiger partial charge in [0.1, 0.15) is 0 Å². The van der Waals surface area contributed by atoms with Crippen LogP contribution in [0.1, 0.15) is 6.92 Å². The van der Waals surface area contributed by atoms with E-state index < -0.39 is 0 Å². The van der Waals surface area contributed by atoms with Crippen molar-refractivity contribution in [2.24, 2.45) is 5.92 Å². The van der Waals surface area contributed by atoms with Crippen LogP contribution in [0.2, 0.25) is 0 Å². The van der Waals surface area contributed by atoms with Crippen LogP contribution in [0.15, 0.2) is 33.5 Å². The first-order chi connectivity index (χ1) is 7.22. The number of oxazole rings is 1. The number of rotatable bonds is 3. The zero-order valence-electron chi connectivity index (χ0n) is 8.51. The van der Waals surface area contributed by atoms with Crippen LogP contribution in [0.4, 0.5) is 0 Å². The molecule has 0 radical (unpaired) electrons. The smallest absolute Gasteiger partial charge is 0.408 e. The fraction of sp³-hybridized carbons (Fsp3) is 0.364. The van der Waals surface area contributed by atoms with Gasteiger partial charge >= 0.3 is 5.76 Å². The highest BCUT2D eigenvalue weighted by molar-refractivity contribution is 5.72. The molecule has 0 spiro atoms. The van der Waals surface area contributed by atoms with Crippen molar-refractivity contribution < 1.29 is 9.52 Å². The fourth-order valence-electron chi connectivity index (χ4n) is 1.56. The third kappa shape index (κ3) is 1.80. The summed E-state index contributed by atoms with van der Waals surface area (Å²) >= 11 is 0. The van der Waals surface area contributed by atoms with Crippen LogP contribution in [-0.4, -0.2) is 16.3 Å². The van der Waals surface area contributed by atoms with E-state index in [-0.39, 0.29) is 18.3 Å². The van der Waals surface area contributed by atoms with Crippen molar-refractivity contribution in [2.75, 3.05) is 6.61 Å². The Hall–Kier alpha value is -1.55. The largest absolute Gasteiger partial charge is 0.419 e. The predicted molar refractivity (Wildman–Crippen MR) is 56.7 cm³/mol. The first-order valence-electron chi connectivity index (χ1n) is 4.91. The number of aromatic nitrogens is 1. The molecule has 0 aliphatic rings. The van der Waals surface area contributed by atoms with Crippen molar-refractivity contribution in [1.29, 1.82) is 0 Å². The topological polar surface area (TPSA) is 55.4 Å². The van der Waals surface area contributed by atoms with E-state index in [4.69, 9.17) is 9.52 Å². The summed E-state index contributed by atoms with van der Waals surface area (Å²) in [5, 5.41) is 8.95. The lowest BCUT2D eigenvalue weighted by molar-refractivity contribution is 0.221. The lowest BCUT2D eigenvalue weighted by Crippen LogP contribution is -2.20. The number of benzene rings is 1. The number of fused-ring (bicyclic) bond motifs is 1. The summed E-state index contributed by atoms with van der Waals surface area (Å²) in [6, 6.07) is 7.28. The summed E-state index contributed by atoms with van der Waals surface area (Å²) in [5.41, 5.74) is 1.37. The van der Waals surface area contributed by atoms with Crippen LogP contribution in [-0.2, 0) is 6.54 Å². The van der Waals surface area contributed by atoms with Crippen molar-refractivity contribution in [2.45, 2.75) is 13.5 Å². The molecule has 1 aromatic carbocycles. The second-order valence-corrected chi connectivity index (χ2v) is 3.73. The molecule has 4 nitrogen and oxygen atoms in total. The molecule has 1 unspecified atom stereocenters. The number of aliphatic hydroxyl groups is 1. The molecule has 15 heavy (non-hydrogen) atoms. The summed E-state index contributed by atoms with van der Waals surface area (Å²) in [5.74, 6) is -0.319. The standard InChI is InChI=1S/C11H13NO3/c1-8(7-13)6-12-9-4-2-3-5-10(9)15-11(12)14/h2-5,8,13H,6-7H2,1H3. The summed E-state index contributed by atoms with van der Waals surface area (Å²) in [7, 11) is 0. The molecule has 1 N–H and O–H groups in total. The molecular formula is C11H13NO3. The second-order valence-electron chi connectivity index (χ2n) is 3.73. The third-order valence-corrected chi connectivity index (χ3v) is 2.38. The highest BCUT2D eigenvalue weighted by atomic mass is 16.4. The molecule has 0 aliphatic heterocycles. The Morgan fingerprint density at radius 3 is 2.93 bits per heavy atom. The lowest BCUT2D eigenvalue weighted by atomic mass is 10.2. The number of para-hydroxylation sites is 2. The van der Waals surface area contributed by atoms with Crippen molar-refractivity contribution in [3.8, 4) is 0 Å². The molecule has 0 amide bonds. The maximum atomic E-state index is 11.5. The fourth-order valence-corrected chi connectivity index (χ4v) is 1.56. The van der Waals surface area contributed by atoms with Gasteiger partial charge in [0, 0.05) is 13.2 Å².